The van der Waals surface area contributed by atoms with Crippen molar-refractivity contribution in [1.82, 2.24) is 9.97 Å². The number of benzene rings is 2. The molecule has 26 heavy (non-hydrogen) atoms. The van der Waals surface area contributed by atoms with E-state index in [4.69, 9.17) is 9.97 Å². The van der Waals surface area contributed by atoms with Crippen LogP contribution in [-0.4, -0.2) is 24.1 Å². The summed E-state index contributed by atoms with van der Waals surface area (Å²) in [6, 6.07) is 16.9. The zero-order valence-electron chi connectivity index (χ0n) is 15.9. The predicted octanol–water partition coefficient (Wildman–Crippen LogP) is 4.36. The van der Waals surface area contributed by atoms with E-state index >= 15 is 0 Å². The van der Waals surface area contributed by atoms with E-state index in [0.717, 1.165) is 47.0 Å². The third-order valence-electron chi connectivity index (χ3n) is 4.67. The molecule has 0 saturated carbocycles. The Balaban J connectivity index is 1.78. The number of aromatic nitrogens is 2. The van der Waals surface area contributed by atoms with Crippen molar-refractivity contribution in [3.63, 3.8) is 0 Å². The predicted molar refractivity (Wildman–Crippen MR) is 109 cm³/mol. The van der Waals surface area contributed by atoms with Crippen LogP contribution in [0, 0.1) is 13.8 Å². The lowest BCUT2D eigenvalue weighted by molar-refractivity contribution is 0.893. The molecule has 2 N–H and O–H groups in total. The fraction of sp³-hybridized carbons (Fsp3) is 0.273. The number of aryl methyl sites for hydroxylation is 2. The van der Waals surface area contributed by atoms with Gasteiger partial charge in [0.05, 0.1) is 22.8 Å². The van der Waals surface area contributed by atoms with E-state index in [-0.39, 0.29) is 0 Å². The van der Waals surface area contributed by atoms with Gasteiger partial charge in [-0.15, -0.1) is 0 Å². The molecule has 0 bridgehead atoms. The largest absolute Gasteiger partial charge is 0.388 e. The molecule has 0 aliphatic heterocycles. The number of nitrogens with one attached hydrogen (secondary N) is 2. The molecule has 4 nitrogen and oxygen atoms in total. The fourth-order valence-electron chi connectivity index (χ4n) is 3.00. The van der Waals surface area contributed by atoms with Gasteiger partial charge in [0, 0.05) is 38.3 Å². The maximum atomic E-state index is 4.85. The lowest BCUT2D eigenvalue weighted by Gasteiger charge is -2.11. The molecule has 1 heterocycles. The van der Waals surface area contributed by atoms with Gasteiger partial charge in [-0.1, -0.05) is 24.3 Å². The lowest BCUT2D eigenvalue weighted by Crippen LogP contribution is -2.07. The molecule has 1 aromatic heterocycles. The van der Waals surface area contributed by atoms with Crippen molar-refractivity contribution >= 4 is 11.4 Å². The van der Waals surface area contributed by atoms with Crippen LogP contribution in [0.5, 0.6) is 0 Å². The molecule has 0 atom stereocenters. The molecule has 0 saturated heterocycles. The molecule has 0 fully saturated rings. The summed E-state index contributed by atoms with van der Waals surface area (Å²) >= 11 is 0. The average Bonchev–Trinajstić information content (AvgIpc) is 2.67. The highest BCUT2D eigenvalue weighted by Gasteiger charge is 2.10. The first-order chi connectivity index (χ1) is 12.6. The van der Waals surface area contributed by atoms with E-state index in [1.165, 1.54) is 11.1 Å². The minimum atomic E-state index is 0.806. The van der Waals surface area contributed by atoms with Crippen LogP contribution in [0.25, 0.3) is 0 Å². The molecule has 4 heteroatoms. The highest BCUT2D eigenvalue weighted by Crippen LogP contribution is 2.18. The molecule has 3 rings (SSSR count). The molecule has 0 unspecified atom stereocenters. The number of hydrogen-bond donors (Lipinski definition) is 2. The van der Waals surface area contributed by atoms with E-state index in [2.05, 4.69) is 73.0 Å². The smallest absolute Gasteiger partial charge is 0.0663 e. The number of anilines is 2. The van der Waals surface area contributed by atoms with Crippen molar-refractivity contribution in [2.45, 2.75) is 26.7 Å². The van der Waals surface area contributed by atoms with Crippen molar-refractivity contribution < 1.29 is 0 Å². The zero-order valence-corrected chi connectivity index (χ0v) is 15.9. The minimum absolute atomic E-state index is 0.806. The monoisotopic (exact) mass is 346 g/mol. The number of hydrogen-bond acceptors (Lipinski definition) is 4. The van der Waals surface area contributed by atoms with Gasteiger partial charge < -0.3 is 10.6 Å². The van der Waals surface area contributed by atoms with E-state index in [0.29, 0.717) is 0 Å². The molecule has 134 valence electrons. The van der Waals surface area contributed by atoms with Crippen LogP contribution in [0.2, 0.25) is 0 Å². The Morgan fingerprint density at radius 2 is 0.962 bits per heavy atom. The summed E-state index contributed by atoms with van der Waals surface area (Å²) in [4.78, 5) is 9.70. The molecule has 3 aromatic rings. The summed E-state index contributed by atoms with van der Waals surface area (Å²) in [6.45, 7) is 4.11. The summed E-state index contributed by atoms with van der Waals surface area (Å²) in [7, 11) is 3.86. The lowest BCUT2D eigenvalue weighted by atomic mass is 10.1. The van der Waals surface area contributed by atoms with Crippen LogP contribution >= 0.6 is 0 Å². The van der Waals surface area contributed by atoms with Crippen molar-refractivity contribution in [3.8, 4) is 0 Å². The molecular formula is C22H26N4. The Morgan fingerprint density at radius 3 is 1.27 bits per heavy atom. The van der Waals surface area contributed by atoms with Gasteiger partial charge in [0.25, 0.3) is 0 Å². The van der Waals surface area contributed by atoms with Crippen molar-refractivity contribution in [3.05, 3.63) is 82.4 Å². The Hall–Kier alpha value is -2.88. The Bertz CT molecular complexity index is 793. The summed E-state index contributed by atoms with van der Waals surface area (Å²) in [5.41, 5.74) is 8.85. The van der Waals surface area contributed by atoms with Crippen LogP contribution < -0.4 is 10.6 Å². The van der Waals surface area contributed by atoms with E-state index in [1.54, 1.807) is 0 Å². The van der Waals surface area contributed by atoms with Gasteiger partial charge in [-0.2, -0.15) is 0 Å². The second kappa shape index (κ2) is 8.00. The highest BCUT2D eigenvalue weighted by molar-refractivity contribution is 5.45. The summed E-state index contributed by atoms with van der Waals surface area (Å²) in [5.74, 6) is 0. The maximum absolute atomic E-state index is 4.85. The second-order valence-corrected chi connectivity index (χ2v) is 6.54. The van der Waals surface area contributed by atoms with Crippen LogP contribution in [0.15, 0.2) is 48.5 Å². The normalized spacial score (nSPS) is 10.6. The summed E-state index contributed by atoms with van der Waals surface area (Å²) in [6.07, 6.45) is 1.61. The van der Waals surface area contributed by atoms with E-state index in [1.807, 2.05) is 14.1 Å². The molecule has 0 aliphatic rings. The fourth-order valence-corrected chi connectivity index (χ4v) is 3.00. The topological polar surface area (TPSA) is 49.8 Å². The molecular weight excluding hydrogens is 320 g/mol. The second-order valence-electron chi connectivity index (χ2n) is 6.54. The van der Waals surface area contributed by atoms with Gasteiger partial charge in [0.2, 0.25) is 0 Å². The third kappa shape index (κ3) is 4.20. The highest BCUT2D eigenvalue weighted by atomic mass is 14.8. The van der Waals surface area contributed by atoms with Crippen LogP contribution in [0.1, 0.15) is 33.9 Å². The van der Waals surface area contributed by atoms with Crippen LogP contribution in [0.4, 0.5) is 11.4 Å². The Kier molecular flexibility index (Phi) is 5.52. The van der Waals surface area contributed by atoms with Crippen molar-refractivity contribution in [2.75, 3.05) is 24.7 Å². The maximum Gasteiger partial charge on any atom is 0.0663 e. The molecule has 0 amide bonds. The van der Waals surface area contributed by atoms with Gasteiger partial charge in [-0.3, -0.25) is 9.97 Å². The summed E-state index contributed by atoms with van der Waals surface area (Å²) < 4.78 is 0. The van der Waals surface area contributed by atoms with Gasteiger partial charge in [0.15, 0.2) is 0 Å². The van der Waals surface area contributed by atoms with Crippen molar-refractivity contribution in [1.29, 1.82) is 0 Å². The first-order valence-corrected chi connectivity index (χ1v) is 8.95. The van der Waals surface area contributed by atoms with Gasteiger partial charge in [0.1, 0.15) is 0 Å². The summed E-state index contributed by atoms with van der Waals surface area (Å²) in [5, 5.41) is 6.29. The van der Waals surface area contributed by atoms with E-state index < -0.39 is 0 Å². The van der Waals surface area contributed by atoms with Crippen LogP contribution in [0.3, 0.4) is 0 Å². The van der Waals surface area contributed by atoms with Crippen molar-refractivity contribution in [2.24, 2.45) is 0 Å². The van der Waals surface area contributed by atoms with Gasteiger partial charge in [-0.05, 0) is 49.2 Å². The third-order valence-corrected chi connectivity index (χ3v) is 4.67. The van der Waals surface area contributed by atoms with Gasteiger partial charge in [-0.25, -0.2) is 0 Å². The molecule has 2 aromatic carbocycles. The quantitative estimate of drug-likeness (QED) is 0.696. The number of nitrogens with zero attached hydrogens (tertiary/aromatic N) is 2. The standard InChI is InChI=1S/C22H26N4/c1-15-21(13-17-5-9-19(23-3)10-6-17)26-16(2)22(25-15)14-18-7-11-20(24-4)12-8-18/h5-12,23-24H,13-14H2,1-4H3. The Morgan fingerprint density at radius 1 is 0.615 bits per heavy atom. The Labute approximate surface area is 155 Å². The molecule has 0 aliphatic carbocycles. The van der Waals surface area contributed by atoms with Crippen LogP contribution in [-0.2, 0) is 12.8 Å². The molecule has 0 radical (unpaired) electrons. The SMILES string of the molecule is CNc1ccc(Cc2nc(C)c(Cc3ccc(NC)cc3)nc2C)cc1. The first kappa shape index (κ1) is 17.9. The first-order valence-electron chi connectivity index (χ1n) is 8.95. The van der Waals surface area contributed by atoms with Gasteiger partial charge >= 0.3 is 0 Å². The van der Waals surface area contributed by atoms with E-state index in [9.17, 15) is 0 Å². The molecule has 0 spiro atoms. The number of rotatable bonds is 6. The zero-order chi connectivity index (χ0) is 18.5. The minimum Gasteiger partial charge on any atom is -0.388 e. The average molecular weight is 346 g/mol.